The highest BCUT2D eigenvalue weighted by Crippen LogP contribution is 2.52. The lowest BCUT2D eigenvalue weighted by Crippen LogP contribution is -2.32. The molecule has 0 aliphatic heterocycles. The molecule has 0 aliphatic rings. The fraction of sp³-hybridized carbons (Fsp3) is 0.188. The Morgan fingerprint density at radius 2 is 1.20 bits per heavy atom. The van der Waals surface area contributed by atoms with Gasteiger partial charge in [0.2, 0.25) is 0 Å². The molecule has 9 heteroatoms. The predicted octanol–water partition coefficient (Wildman–Crippen LogP) is 6.97. The summed E-state index contributed by atoms with van der Waals surface area (Å²) < 4.78 is 36.5. The average molecular weight is 574 g/mol. The van der Waals surface area contributed by atoms with Gasteiger partial charge >= 0.3 is 13.8 Å². The van der Waals surface area contributed by atoms with Crippen LogP contribution in [0, 0.1) is 0 Å². The zero-order valence-electron chi connectivity index (χ0n) is 22.7. The number of nitrogens with one attached hydrogen (secondary N) is 1. The molecule has 4 rings (SSSR count). The van der Waals surface area contributed by atoms with Gasteiger partial charge in [-0.15, -0.1) is 0 Å². The van der Waals surface area contributed by atoms with Gasteiger partial charge in [-0.1, -0.05) is 91.0 Å². The second kappa shape index (κ2) is 15.1. The molecule has 1 amide bonds. The van der Waals surface area contributed by atoms with Crippen LogP contribution in [0.15, 0.2) is 115 Å². The van der Waals surface area contributed by atoms with Gasteiger partial charge in [-0.05, 0) is 47.9 Å². The average Bonchev–Trinajstić information content (AvgIpc) is 3.01. The maximum absolute atomic E-state index is 14.0. The molecule has 8 nitrogen and oxygen atoms in total. The van der Waals surface area contributed by atoms with E-state index in [1.807, 2.05) is 91.0 Å². The maximum atomic E-state index is 14.0. The number of rotatable bonds is 14. The highest BCUT2D eigenvalue weighted by atomic mass is 31.2. The van der Waals surface area contributed by atoms with Gasteiger partial charge in [0.05, 0.1) is 25.4 Å². The van der Waals surface area contributed by atoms with E-state index < -0.39 is 25.8 Å². The molecule has 41 heavy (non-hydrogen) atoms. The van der Waals surface area contributed by atoms with E-state index in [0.29, 0.717) is 11.3 Å². The van der Waals surface area contributed by atoms with Crippen molar-refractivity contribution in [2.75, 3.05) is 11.9 Å². The fourth-order valence-electron chi connectivity index (χ4n) is 3.84. The Morgan fingerprint density at radius 3 is 1.68 bits per heavy atom. The summed E-state index contributed by atoms with van der Waals surface area (Å²) in [6.45, 7) is 1.91. The van der Waals surface area contributed by atoms with Crippen LogP contribution >= 0.6 is 7.82 Å². The summed E-state index contributed by atoms with van der Waals surface area (Å²) in [5.74, 6) is -1.01. The van der Waals surface area contributed by atoms with Crippen molar-refractivity contribution in [3.8, 4) is 0 Å². The van der Waals surface area contributed by atoms with Crippen molar-refractivity contribution in [3.63, 3.8) is 0 Å². The second-order valence-electron chi connectivity index (χ2n) is 9.04. The van der Waals surface area contributed by atoms with E-state index in [4.69, 9.17) is 18.3 Å². The molecule has 1 atom stereocenters. The number of esters is 1. The first-order valence-electron chi connectivity index (χ1n) is 13.2. The summed E-state index contributed by atoms with van der Waals surface area (Å²) in [6.07, 6.45) is -1.11. The quantitative estimate of drug-likeness (QED) is 0.128. The number of carbonyl (C=O) groups excluding carboxylic acids is 2. The van der Waals surface area contributed by atoms with E-state index in [1.165, 1.54) is 0 Å². The Labute approximate surface area is 239 Å². The lowest BCUT2D eigenvalue weighted by Gasteiger charge is -2.24. The first-order valence-corrected chi connectivity index (χ1v) is 14.7. The molecule has 0 spiro atoms. The fourth-order valence-corrected chi connectivity index (χ4v) is 5.14. The van der Waals surface area contributed by atoms with Crippen molar-refractivity contribution < 1.29 is 32.5 Å². The number of phosphoric ester groups is 1. The topological polar surface area (TPSA) is 100 Å². The number of hydrogen-bond donors (Lipinski definition) is 1. The molecule has 0 radical (unpaired) electrons. The minimum absolute atomic E-state index is 0.0398. The number of carbonyl (C=O) groups is 2. The SMILES string of the molecule is CCOC(=O)c1ccc(NC(=O)[C@H](Cc2ccccc2)OP(=O)(OCc2ccccc2)OCc2ccccc2)cc1. The van der Waals surface area contributed by atoms with Crippen molar-refractivity contribution in [2.24, 2.45) is 0 Å². The number of hydrogen-bond acceptors (Lipinski definition) is 7. The minimum Gasteiger partial charge on any atom is -0.462 e. The van der Waals surface area contributed by atoms with Crippen molar-refractivity contribution in [1.29, 1.82) is 0 Å². The van der Waals surface area contributed by atoms with Crippen molar-refractivity contribution >= 4 is 25.4 Å². The molecule has 212 valence electrons. The monoisotopic (exact) mass is 573 g/mol. The Balaban J connectivity index is 1.55. The molecule has 0 heterocycles. The van der Waals surface area contributed by atoms with Crippen LogP contribution in [-0.4, -0.2) is 24.6 Å². The van der Waals surface area contributed by atoms with E-state index in [2.05, 4.69) is 5.32 Å². The van der Waals surface area contributed by atoms with Crippen molar-refractivity contribution in [3.05, 3.63) is 138 Å². The molecule has 0 unspecified atom stereocenters. The van der Waals surface area contributed by atoms with Crippen LogP contribution in [0.2, 0.25) is 0 Å². The number of amides is 1. The van der Waals surface area contributed by atoms with Crippen LogP contribution in [0.5, 0.6) is 0 Å². The third kappa shape index (κ3) is 9.52. The molecule has 0 fully saturated rings. The standard InChI is InChI=1S/C32H32NO7P/c1-2-37-32(35)28-18-20-29(21-19-28)33-31(34)30(22-25-12-6-3-7-13-25)40-41(36,38-23-26-14-8-4-9-15-26)39-24-27-16-10-5-11-17-27/h3-21,30H,2,22-24H2,1H3,(H,33,34)/t30-/m0/s1. The zero-order valence-corrected chi connectivity index (χ0v) is 23.6. The smallest absolute Gasteiger partial charge is 0.462 e. The molecule has 1 N–H and O–H groups in total. The van der Waals surface area contributed by atoms with Crippen LogP contribution in [0.1, 0.15) is 34.0 Å². The van der Waals surface area contributed by atoms with Gasteiger partial charge in [0, 0.05) is 12.1 Å². The van der Waals surface area contributed by atoms with Crippen LogP contribution in [0.4, 0.5) is 5.69 Å². The van der Waals surface area contributed by atoms with Crippen molar-refractivity contribution in [2.45, 2.75) is 32.7 Å². The zero-order chi connectivity index (χ0) is 28.9. The Bertz CT molecular complexity index is 1380. The van der Waals surface area contributed by atoms with Gasteiger partial charge in [0.25, 0.3) is 5.91 Å². The van der Waals surface area contributed by atoms with E-state index in [0.717, 1.165) is 16.7 Å². The number of anilines is 1. The van der Waals surface area contributed by atoms with Gasteiger partial charge in [0.1, 0.15) is 0 Å². The van der Waals surface area contributed by atoms with E-state index >= 15 is 0 Å². The van der Waals surface area contributed by atoms with Gasteiger partial charge in [-0.3, -0.25) is 18.4 Å². The molecule has 0 aliphatic carbocycles. The van der Waals surface area contributed by atoms with Crippen LogP contribution < -0.4 is 5.32 Å². The second-order valence-corrected chi connectivity index (χ2v) is 10.7. The lowest BCUT2D eigenvalue weighted by atomic mass is 10.1. The summed E-state index contributed by atoms with van der Waals surface area (Å²) in [5, 5.41) is 2.78. The minimum atomic E-state index is -4.25. The van der Waals surface area contributed by atoms with Crippen LogP contribution in [0.3, 0.4) is 0 Å². The summed E-state index contributed by atoms with van der Waals surface area (Å²) in [5.41, 5.74) is 3.11. The highest BCUT2D eigenvalue weighted by Gasteiger charge is 2.35. The maximum Gasteiger partial charge on any atom is 0.476 e. The summed E-state index contributed by atoms with van der Waals surface area (Å²) >= 11 is 0. The van der Waals surface area contributed by atoms with Crippen molar-refractivity contribution in [1.82, 2.24) is 0 Å². The lowest BCUT2D eigenvalue weighted by molar-refractivity contribution is -0.124. The molecule has 0 aromatic heterocycles. The molecular weight excluding hydrogens is 541 g/mol. The molecule has 0 saturated heterocycles. The van der Waals surface area contributed by atoms with Crippen LogP contribution in [0.25, 0.3) is 0 Å². The number of benzene rings is 4. The van der Waals surface area contributed by atoms with Crippen LogP contribution in [-0.2, 0) is 47.3 Å². The van der Waals surface area contributed by atoms with Gasteiger partial charge in [0.15, 0.2) is 6.10 Å². The Morgan fingerprint density at radius 1 is 0.707 bits per heavy atom. The molecular formula is C32H32NO7P. The summed E-state index contributed by atoms with van der Waals surface area (Å²) in [4.78, 5) is 25.5. The third-order valence-electron chi connectivity index (χ3n) is 5.94. The normalized spacial score (nSPS) is 11.9. The molecule has 0 bridgehead atoms. The van der Waals surface area contributed by atoms with Gasteiger partial charge in [-0.25, -0.2) is 9.36 Å². The molecule has 0 saturated carbocycles. The first-order chi connectivity index (χ1) is 19.9. The first kappa shape index (κ1) is 29.9. The number of phosphoric acid groups is 1. The predicted molar refractivity (Wildman–Crippen MR) is 156 cm³/mol. The summed E-state index contributed by atoms with van der Waals surface area (Å²) in [6, 6.07) is 33.9. The Kier molecular flexibility index (Phi) is 11.0. The number of ether oxygens (including phenoxy) is 1. The largest absolute Gasteiger partial charge is 0.476 e. The summed E-state index contributed by atoms with van der Waals surface area (Å²) in [7, 11) is -4.25. The highest BCUT2D eigenvalue weighted by molar-refractivity contribution is 7.48. The van der Waals surface area contributed by atoms with E-state index in [1.54, 1.807) is 31.2 Å². The van der Waals surface area contributed by atoms with E-state index in [9.17, 15) is 14.2 Å². The molecule has 4 aromatic rings. The Hall–Kier alpha value is -4.07. The van der Waals surface area contributed by atoms with E-state index in [-0.39, 0.29) is 26.2 Å². The van der Waals surface area contributed by atoms with Gasteiger partial charge in [-0.2, -0.15) is 0 Å². The van der Waals surface area contributed by atoms with Gasteiger partial charge < -0.3 is 10.1 Å². The third-order valence-corrected chi connectivity index (χ3v) is 7.34. The molecule has 4 aromatic carbocycles.